The Bertz CT molecular complexity index is 575. The van der Waals surface area contributed by atoms with Gasteiger partial charge in [0.2, 0.25) is 0 Å². The molecule has 0 aromatic heterocycles. The maximum absolute atomic E-state index is 13.8. The lowest BCUT2D eigenvalue weighted by Crippen LogP contribution is -2.00. The average Bonchev–Trinajstić information content (AvgIpc) is 2.37. The molecule has 3 heteroatoms. The molecule has 0 nitrogen and oxygen atoms in total. The van der Waals surface area contributed by atoms with E-state index >= 15 is 0 Å². The van der Waals surface area contributed by atoms with Crippen molar-refractivity contribution >= 4 is 27.5 Å². The van der Waals surface area contributed by atoms with Crippen molar-refractivity contribution in [2.45, 2.75) is 25.1 Å². The Hall–Kier alpha value is -0.860. The minimum absolute atomic E-state index is 0.0567. The number of hydrogen-bond acceptors (Lipinski definition) is 0. The molecule has 0 aliphatic rings. The molecule has 100 valence electrons. The molecule has 19 heavy (non-hydrogen) atoms. The second kappa shape index (κ2) is 6.06. The Kier molecular flexibility index (Phi) is 4.64. The third kappa shape index (κ3) is 3.37. The standard InChI is InChI=1S/C16H15BrClF/c1-10-6-7-12(8-11(10)2)14(17)9-13-15(18)4-3-5-16(13)19/h3-8,14H,9H2,1-2H3. The Morgan fingerprint density at radius 1 is 1.16 bits per heavy atom. The van der Waals surface area contributed by atoms with Gasteiger partial charge in [0.05, 0.1) is 0 Å². The summed E-state index contributed by atoms with van der Waals surface area (Å²) >= 11 is 9.68. The Labute approximate surface area is 126 Å². The predicted octanol–water partition coefficient (Wildman–Crippen LogP) is 5.77. The van der Waals surface area contributed by atoms with Crippen LogP contribution >= 0.6 is 27.5 Å². The molecular weight excluding hydrogens is 327 g/mol. The van der Waals surface area contributed by atoms with E-state index in [1.807, 2.05) is 0 Å². The summed E-state index contributed by atoms with van der Waals surface area (Å²) in [7, 11) is 0. The zero-order valence-corrected chi connectivity index (χ0v) is 13.2. The largest absolute Gasteiger partial charge is 0.207 e. The summed E-state index contributed by atoms with van der Waals surface area (Å²) in [4.78, 5) is 0.0567. The van der Waals surface area contributed by atoms with Gasteiger partial charge in [-0.1, -0.05) is 51.8 Å². The van der Waals surface area contributed by atoms with E-state index in [4.69, 9.17) is 11.6 Å². The van der Waals surface area contributed by atoms with Crippen LogP contribution in [0.1, 0.15) is 27.1 Å². The number of halogens is 3. The summed E-state index contributed by atoms with van der Waals surface area (Å²) in [5.74, 6) is -0.249. The molecule has 0 amide bonds. The van der Waals surface area contributed by atoms with Gasteiger partial charge in [0.25, 0.3) is 0 Å². The molecule has 1 atom stereocenters. The fraction of sp³-hybridized carbons (Fsp3) is 0.250. The molecule has 0 fully saturated rings. The van der Waals surface area contributed by atoms with E-state index in [0.29, 0.717) is 17.0 Å². The molecule has 0 saturated carbocycles. The van der Waals surface area contributed by atoms with Crippen LogP contribution in [0.5, 0.6) is 0 Å². The third-order valence-corrected chi connectivity index (χ3v) is 4.54. The van der Waals surface area contributed by atoms with Crippen molar-refractivity contribution in [3.05, 3.63) is 69.5 Å². The molecule has 0 radical (unpaired) electrons. The van der Waals surface area contributed by atoms with E-state index < -0.39 is 0 Å². The number of aryl methyl sites for hydroxylation is 2. The highest BCUT2D eigenvalue weighted by Gasteiger charge is 2.14. The van der Waals surface area contributed by atoms with E-state index in [0.717, 1.165) is 5.56 Å². The number of rotatable bonds is 3. The van der Waals surface area contributed by atoms with Crippen molar-refractivity contribution in [3.63, 3.8) is 0 Å². The highest BCUT2D eigenvalue weighted by atomic mass is 79.9. The van der Waals surface area contributed by atoms with E-state index in [-0.39, 0.29) is 10.6 Å². The maximum Gasteiger partial charge on any atom is 0.127 e. The fourth-order valence-corrected chi connectivity index (χ4v) is 2.83. The first-order valence-electron chi connectivity index (χ1n) is 6.13. The molecule has 2 rings (SSSR count). The number of benzene rings is 2. The van der Waals surface area contributed by atoms with Crippen LogP contribution in [0.15, 0.2) is 36.4 Å². The summed E-state index contributed by atoms with van der Waals surface area (Å²) in [6.07, 6.45) is 0.536. The van der Waals surface area contributed by atoms with Crippen LogP contribution in [0.25, 0.3) is 0 Å². The van der Waals surface area contributed by atoms with Gasteiger partial charge in [0.15, 0.2) is 0 Å². The summed E-state index contributed by atoms with van der Waals surface area (Å²) in [5.41, 5.74) is 4.20. The van der Waals surface area contributed by atoms with Gasteiger partial charge >= 0.3 is 0 Å². The zero-order valence-electron chi connectivity index (χ0n) is 10.9. The Balaban J connectivity index is 2.25. The first kappa shape index (κ1) is 14.5. The average molecular weight is 342 g/mol. The second-order valence-corrected chi connectivity index (χ2v) is 6.23. The van der Waals surface area contributed by atoms with Crippen LogP contribution in [0, 0.1) is 19.7 Å². The molecule has 0 N–H and O–H groups in total. The lowest BCUT2D eigenvalue weighted by atomic mass is 10.00. The van der Waals surface area contributed by atoms with Gasteiger partial charge in [0.1, 0.15) is 5.82 Å². The molecular formula is C16H15BrClF. The highest BCUT2D eigenvalue weighted by molar-refractivity contribution is 9.09. The SMILES string of the molecule is Cc1ccc(C(Br)Cc2c(F)cccc2Cl)cc1C. The van der Waals surface area contributed by atoms with Crippen molar-refractivity contribution in [1.82, 2.24) is 0 Å². The third-order valence-electron chi connectivity index (χ3n) is 3.34. The van der Waals surface area contributed by atoms with Gasteiger partial charge < -0.3 is 0 Å². The van der Waals surface area contributed by atoms with Gasteiger partial charge in [-0.3, -0.25) is 0 Å². The smallest absolute Gasteiger partial charge is 0.127 e. The molecule has 2 aromatic rings. The second-order valence-electron chi connectivity index (χ2n) is 4.72. The van der Waals surface area contributed by atoms with Crippen LogP contribution in [0.4, 0.5) is 4.39 Å². The van der Waals surface area contributed by atoms with Crippen LogP contribution in [-0.2, 0) is 6.42 Å². The van der Waals surface area contributed by atoms with Gasteiger partial charge in [-0.05, 0) is 49.1 Å². The van der Waals surface area contributed by atoms with Gasteiger partial charge in [-0.25, -0.2) is 4.39 Å². The number of hydrogen-bond donors (Lipinski definition) is 0. The zero-order chi connectivity index (χ0) is 14.0. The Morgan fingerprint density at radius 3 is 2.53 bits per heavy atom. The first-order chi connectivity index (χ1) is 8.99. The normalized spacial score (nSPS) is 12.5. The molecule has 0 bridgehead atoms. The van der Waals surface area contributed by atoms with Crippen molar-refractivity contribution in [3.8, 4) is 0 Å². The van der Waals surface area contributed by atoms with Crippen LogP contribution in [0.2, 0.25) is 5.02 Å². The minimum Gasteiger partial charge on any atom is -0.207 e. The van der Waals surface area contributed by atoms with E-state index in [2.05, 4.69) is 48.0 Å². The molecule has 1 unspecified atom stereocenters. The van der Waals surface area contributed by atoms with Crippen LogP contribution in [0.3, 0.4) is 0 Å². The molecule has 0 heterocycles. The molecule has 0 aliphatic heterocycles. The van der Waals surface area contributed by atoms with Gasteiger partial charge in [-0.15, -0.1) is 0 Å². The van der Waals surface area contributed by atoms with E-state index in [1.165, 1.54) is 17.2 Å². The summed E-state index contributed by atoms with van der Waals surface area (Å²) in [5, 5.41) is 0.480. The summed E-state index contributed by atoms with van der Waals surface area (Å²) < 4.78 is 13.8. The fourth-order valence-electron chi connectivity index (χ4n) is 1.98. The van der Waals surface area contributed by atoms with Crippen molar-refractivity contribution in [1.29, 1.82) is 0 Å². The molecule has 0 spiro atoms. The Morgan fingerprint density at radius 2 is 1.89 bits per heavy atom. The lowest BCUT2D eigenvalue weighted by Gasteiger charge is -2.14. The van der Waals surface area contributed by atoms with Gasteiger partial charge in [0, 0.05) is 15.4 Å². The topological polar surface area (TPSA) is 0 Å². The maximum atomic E-state index is 13.8. The quantitative estimate of drug-likeness (QED) is 0.621. The molecule has 0 saturated heterocycles. The highest BCUT2D eigenvalue weighted by Crippen LogP contribution is 2.32. The van der Waals surface area contributed by atoms with Crippen molar-refractivity contribution in [2.24, 2.45) is 0 Å². The van der Waals surface area contributed by atoms with E-state index in [9.17, 15) is 4.39 Å². The van der Waals surface area contributed by atoms with E-state index in [1.54, 1.807) is 12.1 Å². The lowest BCUT2D eigenvalue weighted by molar-refractivity contribution is 0.608. The van der Waals surface area contributed by atoms with Gasteiger partial charge in [-0.2, -0.15) is 0 Å². The molecule has 0 aliphatic carbocycles. The predicted molar refractivity (Wildman–Crippen MR) is 82.7 cm³/mol. The van der Waals surface area contributed by atoms with Crippen LogP contribution < -0.4 is 0 Å². The molecule has 2 aromatic carbocycles. The first-order valence-corrected chi connectivity index (χ1v) is 7.42. The summed E-state index contributed by atoms with van der Waals surface area (Å²) in [6.45, 7) is 4.16. The van der Waals surface area contributed by atoms with Crippen LogP contribution in [-0.4, -0.2) is 0 Å². The van der Waals surface area contributed by atoms with Crippen molar-refractivity contribution < 1.29 is 4.39 Å². The minimum atomic E-state index is -0.249. The number of alkyl halides is 1. The summed E-state index contributed by atoms with van der Waals surface area (Å²) in [6, 6.07) is 11.1. The monoisotopic (exact) mass is 340 g/mol. The van der Waals surface area contributed by atoms with Crippen molar-refractivity contribution in [2.75, 3.05) is 0 Å².